The first-order valence-corrected chi connectivity index (χ1v) is 13.0. The molecule has 0 aliphatic carbocycles. The lowest BCUT2D eigenvalue weighted by molar-refractivity contribution is 0.0883. The third-order valence-corrected chi connectivity index (χ3v) is 6.15. The van der Waals surface area contributed by atoms with Gasteiger partial charge in [0.25, 0.3) is 0 Å². The van der Waals surface area contributed by atoms with E-state index in [2.05, 4.69) is 41.3 Å². The fourth-order valence-electron chi connectivity index (χ4n) is 2.74. The lowest BCUT2D eigenvalue weighted by Crippen LogP contribution is -2.22. The average molecular weight is 381 g/mol. The molecule has 3 aromatic rings. The van der Waals surface area contributed by atoms with Crippen molar-refractivity contribution < 1.29 is 4.74 Å². The lowest BCUT2D eigenvalue weighted by atomic mass is 10.1. The van der Waals surface area contributed by atoms with E-state index in [0.29, 0.717) is 12.5 Å². The van der Waals surface area contributed by atoms with Crippen molar-refractivity contribution in [3.63, 3.8) is 0 Å². The first-order valence-electron chi connectivity index (χ1n) is 9.26. The summed E-state index contributed by atoms with van der Waals surface area (Å²) in [6, 6.07) is 13.4. The zero-order valence-corrected chi connectivity index (χ0v) is 17.6. The highest BCUT2D eigenvalue weighted by Crippen LogP contribution is 2.26. The summed E-state index contributed by atoms with van der Waals surface area (Å²) >= 11 is 0. The van der Waals surface area contributed by atoms with E-state index >= 15 is 0 Å². The summed E-state index contributed by atoms with van der Waals surface area (Å²) in [6.07, 6.45) is 3.80. The van der Waals surface area contributed by atoms with Gasteiger partial charge in [0.05, 0.1) is 5.69 Å². The van der Waals surface area contributed by atoms with Crippen LogP contribution < -0.4 is 5.73 Å². The summed E-state index contributed by atoms with van der Waals surface area (Å²) in [5, 5.41) is 0. The van der Waals surface area contributed by atoms with Crippen LogP contribution in [0.3, 0.4) is 0 Å². The van der Waals surface area contributed by atoms with Gasteiger partial charge < -0.3 is 15.0 Å². The standard InChI is InChI=1S/C21H28N4OSi/c1-16-12-18(13-23-20(16)22)19-14-25(15-26-10-11-27(2,3)4)21(24-19)17-8-6-5-7-9-17/h5-9,12-14H,10-11,15H2,1-4H3,(H2,22,23). The van der Waals surface area contributed by atoms with E-state index in [1.165, 1.54) is 0 Å². The Morgan fingerprint density at radius 3 is 2.52 bits per heavy atom. The van der Waals surface area contributed by atoms with Crippen LogP contribution in [0.4, 0.5) is 5.82 Å². The molecule has 0 bridgehead atoms. The summed E-state index contributed by atoms with van der Waals surface area (Å²) < 4.78 is 8.04. The number of nitrogen functional groups attached to an aromatic ring is 1. The maximum atomic E-state index is 5.97. The molecule has 0 fully saturated rings. The average Bonchev–Trinajstić information content (AvgIpc) is 3.05. The van der Waals surface area contributed by atoms with Crippen LogP contribution in [-0.2, 0) is 11.5 Å². The topological polar surface area (TPSA) is 66.0 Å². The summed E-state index contributed by atoms with van der Waals surface area (Å²) in [6.45, 7) is 10.3. The van der Waals surface area contributed by atoms with Crippen LogP contribution in [-0.4, -0.2) is 29.2 Å². The van der Waals surface area contributed by atoms with Crippen molar-refractivity contribution in [3.8, 4) is 22.6 Å². The van der Waals surface area contributed by atoms with E-state index in [1.54, 1.807) is 6.20 Å². The number of hydrogen-bond donors (Lipinski definition) is 1. The summed E-state index contributed by atoms with van der Waals surface area (Å²) in [7, 11) is -1.10. The van der Waals surface area contributed by atoms with Crippen LogP contribution in [0.1, 0.15) is 5.56 Å². The molecule has 142 valence electrons. The number of pyridine rings is 1. The Bertz CT molecular complexity index is 900. The van der Waals surface area contributed by atoms with Gasteiger partial charge in [-0.3, -0.25) is 0 Å². The maximum absolute atomic E-state index is 5.97. The number of rotatable bonds is 7. The largest absolute Gasteiger partial charge is 0.383 e. The Balaban J connectivity index is 1.88. The van der Waals surface area contributed by atoms with Gasteiger partial charge in [-0.2, -0.15) is 0 Å². The first-order chi connectivity index (χ1) is 12.8. The van der Waals surface area contributed by atoms with Crippen molar-refractivity contribution in [2.45, 2.75) is 39.3 Å². The number of aromatic nitrogens is 3. The number of ether oxygens (including phenoxy) is 1. The molecule has 0 radical (unpaired) electrons. The molecule has 0 unspecified atom stereocenters. The number of nitrogens with zero attached hydrogens (tertiary/aromatic N) is 3. The molecule has 0 amide bonds. The highest BCUT2D eigenvalue weighted by Gasteiger charge is 2.15. The second-order valence-electron chi connectivity index (χ2n) is 8.06. The maximum Gasteiger partial charge on any atom is 0.142 e. The number of imidazole rings is 1. The van der Waals surface area contributed by atoms with Crippen LogP contribution in [0.25, 0.3) is 22.6 Å². The van der Waals surface area contributed by atoms with E-state index in [0.717, 1.165) is 40.9 Å². The van der Waals surface area contributed by atoms with Crippen molar-refractivity contribution in [1.29, 1.82) is 0 Å². The zero-order chi connectivity index (χ0) is 19.4. The van der Waals surface area contributed by atoms with Crippen LogP contribution >= 0.6 is 0 Å². The van der Waals surface area contributed by atoms with Gasteiger partial charge in [0.15, 0.2) is 0 Å². The molecule has 5 nitrogen and oxygen atoms in total. The second kappa shape index (κ2) is 8.06. The molecule has 0 atom stereocenters. The van der Waals surface area contributed by atoms with E-state index in [4.69, 9.17) is 15.5 Å². The van der Waals surface area contributed by atoms with Gasteiger partial charge >= 0.3 is 0 Å². The van der Waals surface area contributed by atoms with Crippen LogP contribution in [0, 0.1) is 6.92 Å². The second-order valence-corrected chi connectivity index (χ2v) is 13.7. The monoisotopic (exact) mass is 380 g/mol. The van der Waals surface area contributed by atoms with E-state index < -0.39 is 8.07 Å². The Morgan fingerprint density at radius 2 is 1.85 bits per heavy atom. The summed E-state index contributed by atoms with van der Waals surface area (Å²) in [5.74, 6) is 1.45. The van der Waals surface area contributed by atoms with E-state index in [1.807, 2.05) is 37.4 Å². The van der Waals surface area contributed by atoms with Crippen molar-refractivity contribution in [2.75, 3.05) is 12.3 Å². The van der Waals surface area contributed by atoms with Crippen LogP contribution in [0.2, 0.25) is 25.7 Å². The van der Waals surface area contributed by atoms with Crippen molar-refractivity contribution in [3.05, 3.63) is 54.4 Å². The van der Waals surface area contributed by atoms with Crippen molar-refractivity contribution >= 4 is 13.9 Å². The van der Waals surface area contributed by atoms with E-state index in [9.17, 15) is 0 Å². The fourth-order valence-corrected chi connectivity index (χ4v) is 3.49. The molecule has 0 spiro atoms. The molecule has 3 rings (SSSR count). The molecule has 6 heteroatoms. The molecule has 2 heterocycles. The Kier molecular flexibility index (Phi) is 5.77. The predicted octanol–water partition coefficient (Wildman–Crippen LogP) is 4.82. The van der Waals surface area contributed by atoms with Gasteiger partial charge in [0.1, 0.15) is 18.4 Å². The van der Waals surface area contributed by atoms with E-state index in [-0.39, 0.29) is 0 Å². The highest BCUT2D eigenvalue weighted by atomic mass is 28.3. The Labute approximate surface area is 162 Å². The molecule has 1 aromatic carbocycles. The van der Waals surface area contributed by atoms with Gasteiger partial charge in [0.2, 0.25) is 0 Å². The number of anilines is 1. The fraction of sp³-hybridized carbons (Fsp3) is 0.333. The molecule has 27 heavy (non-hydrogen) atoms. The molecule has 0 saturated carbocycles. The first kappa shape index (κ1) is 19.3. The molecular weight excluding hydrogens is 352 g/mol. The molecular formula is C21H28N4OSi. The summed E-state index contributed by atoms with van der Waals surface area (Å²) in [5.41, 5.74) is 9.71. The predicted molar refractivity (Wildman–Crippen MR) is 114 cm³/mol. The number of aryl methyl sites for hydroxylation is 1. The molecule has 2 aromatic heterocycles. The minimum atomic E-state index is -1.10. The molecule has 2 N–H and O–H groups in total. The smallest absolute Gasteiger partial charge is 0.142 e. The molecule has 0 aliphatic rings. The third-order valence-electron chi connectivity index (χ3n) is 4.45. The Morgan fingerprint density at radius 1 is 1.11 bits per heavy atom. The van der Waals surface area contributed by atoms with Gasteiger partial charge in [0, 0.05) is 38.2 Å². The minimum Gasteiger partial charge on any atom is -0.383 e. The van der Waals surface area contributed by atoms with Crippen LogP contribution in [0.5, 0.6) is 0 Å². The molecule has 0 saturated heterocycles. The van der Waals surface area contributed by atoms with Crippen molar-refractivity contribution in [1.82, 2.24) is 14.5 Å². The van der Waals surface area contributed by atoms with Gasteiger partial charge in [-0.25, -0.2) is 9.97 Å². The van der Waals surface area contributed by atoms with Gasteiger partial charge in [-0.05, 0) is 24.6 Å². The number of nitrogens with two attached hydrogens (primary N) is 1. The summed E-state index contributed by atoms with van der Waals surface area (Å²) in [4.78, 5) is 9.13. The van der Waals surface area contributed by atoms with Gasteiger partial charge in [-0.1, -0.05) is 50.0 Å². The van der Waals surface area contributed by atoms with Gasteiger partial charge in [-0.15, -0.1) is 0 Å². The third kappa shape index (κ3) is 5.05. The minimum absolute atomic E-state index is 0.489. The Hall–Kier alpha value is -2.44. The van der Waals surface area contributed by atoms with Crippen molar-refractivity contribution in [2.24, 2.45) is 0 Å². The quantitative estimate of drug-likeness (QED) is 0.471. The number of hydrogen-bond acceptors (Lipinski definition) is 4. The lowest BCUT2D eigenvalue weighted by Gasteiger charge is -2.16. The highest BCUT2D eigenvalue weighted by molar-refractivity contribution is 6.76. The zero-order valence-electron chi connectivity index (χ0n) is 16.6. The normalized spacial score (nSPS) is 11.7. The molecule has 0 aliphatic heterocycles. The number of benzene rings is 1. The SMILES string of the molecule is Cc1cc(-c2cn(COCC[Si](C)(C)C)c(-c3ccccc3)n2)cnc1N. The van der Waals surface area contributed by atoms with Crippen LogP contribution in [0.15, 0.2) is 48.8 Å².